The van der Waals surface area contributed by atoms with Crippen LogP contribution in [0.5, 0.6) is 0 Å². The van der Waals surface area contributed by atoms with Crippen molar-refractivity contribution in [3.05, 3.63) is 30.1 Å². The number of nitrogens with one attached hydrogen (secondary N) is 2. The zero-order valence-corrected chi connectivity index (χ0v) is 11.1. The summed E-state index contributed by atoms with van der Waals surface area (Å²) in [5.41, 5.74) is 0.763. The Balaban J connectivity index is 1.83. The zero-order chi connectivity index (χ0) is 12.8. The lowest BCUT2D eigenvalue weighted by molar-refractivity contribution is 0.376. The van der Waals surface area contributed by atoms with Crippen molar-refractivity contribution in [2.45, 2.75) is 18.6 Å². The summed E-state index contributed by atoms with van der Waals surface area (Å²) in [5, 5.41) is 3.28. The van der Waals surface area contributed by atoms with Gasteiger partial charge in [-0.2, -0.15) is 0 Å². The van der Waals surface area contributed by atoms with Crippen LogP contribution in [-0.4, -0.2) is 33.0 Å². The van der Waals surface area contributed by atoms with E-state index >= 15 is 0 Å². The Morgan fingerprint density at radius 3 is 2.83 bits per heavy atom. The van der Waals surface area contributed by atoms with Crippen molar-refractivity contribution in [3.8, 4) is 0 Å². The van der Waals surface area contributed by atoms with Crippen molar-refractivity contribution < 1.29 is 8.42 Å². The maximum atomic E-state index is 11.9. The second-order valence-corrected chi connectivity index (χ2v) is 6.48. The van der Waals surface area contributed by atoms with Gasteiger partial charge in [0.05, 0.1) is 5.75 Å². The van der Waals surface area contributed by atoms with Gasteiger partial charge in [0.1, 0.15) is 0 Å². The third kappa shape index (κ3) is 4.36. The topological polar surface area (TPSA) is 71.1 Å². The van der Waals surface area contributed by atoms with Crippen LogP contribution >= 0.6 is 0 Å². The molecular weight excluding hydrogens is 250 g/mol. The summed E-state index contributed by atoms with van der Waals surface area (Å²) in [6.07, 6.45) is 5.42. The van der Waals surface area contributed by atoms with E-state index in [-0.39, 0.29) is 5.75 Å². The highest BCUT2D eigenvalue weighted by Gasteiger charge is 2.17. The fraction of sp³-hybridized carbons (Fsp3) is 0.583. The van der Waals surface area contributed by atoms with Gasteiger partial charge >= 0.3 is 0 Å². The summed E-state index contributed by atoms with van der Waals surface area (Å²) in [6.45, 7) is 2.47. The molecule has 0 spiro atoms. The molecule has 0 aromatic carbocycles. The molecule has 6 heteroatoms. The molecule has 1 atom stereocenters. The number of nitrogens with zero attached hydrogens (tertiary/aromatic N) is 1. The Hall–Kier alpha value is -0.980. The summed E-state index contributed by atoms with van der Waals surface area (Å²) in [6, 6.07) is 3.45. The fourth-order valence-electron chi connectivity index (χ4n) is 2.09. The van der Waals surface area contributed by atoms with Crippen molar-refractivity contribution in [1.82, 2.24) is 15.0 Å². The molecule has 0 saturated carbocycles. The van der Waals surface area contributed by atoms with E-state index < -0.39 is 10.0 Å². The molecule has 2 heterocycles. The third-order valence-corrected chi connectivity index (χ3v) is 4.42. The van der Waals surface area contributed by atoms with Gasteiger partial charge in [0.15, 0.2) is 0 Å². The number of hydrogen-bond donors (Lipinski definition) is 2. The van der Waals surface area contributed by atoms with Crippen LogP contribution in [0.4, 0.5) is 0 Å². The van der Waals surface area contributed by atoms with Crippen LogP contribution in [0.1, 0.15) is 18.4 Å². The molecule has 2 rings (SSSR count). The van der Waals surface area contributed by atoms with E-state index in [1.807, 2.05) is 0 Å². The largest absolute Gasteiger partial charge is 0.316 e. The molecule has 1 fully saturated rings. The maximum absolute atomic E-state index is 11.9. The Labute approximate surface area is 108 Å². The molecule has 0 radical (unpaired) electrons. The summed E-state index contributed by atoms with van der Waals surface area (Å²) in [5.74, 6) is 0.432. The summed E-state index contributed by atoms with van der Waals surface area (Å²) in [7, 11) is -3.24. The molecule has 1 aromatic rings. The second kappa shape index (κ2) is 6.26. The average Bonchev–Trinajstić information content (AvgIpc) is 2.38. The minimum atomic E-state index is -3.24. The SMILES string of the molecule is O=S(=O)(Cc1ccncc1)NC[C@H]1CCCNC1. The van der Waals surface area contributed by atoms with Crippen LogP contribution in [0.2, 0.25) is 0 Å². The van der Waals surface area contributed by atoms with Gasteiger partial charge in [0.2, 0.25) is 10.0 Å². The Kier molecular flexibility index (Phi) is 4.68. The predicted molar refractivity (Wildman–Crippen MR) is 70.5 cm³/mol. The average molecular weight is 269 g/mol. The van der Waals surface area contributed by atoms with Crippen molar-refractivity contribution in [3.63, 3.8) is 0 Å². The number of pyridine rings is 1. The second-order valence-electron chi connectivity index (χ2n) is 4.68. The van der Waals surface area contributed by atoms with Gasteiger partial charge in [-0.1, -0.05) is 0 Å². The highest BCUT2D eigenvalue weighted by Crippen LogP contribution is 2.09. The number of sulfonamides is 1. The van der Waals surface area contributed by atoms with Gasteiger partial charge in [0, 0.05) is 18.9 Å². The predicted octanol–water partition coefficient (Wildman–Crippen LogP) is 0.501. The number of rotatable bonds is 5. The first-order valence-electron chi connectivity index (χ1n) is 6.23. The quantitative estimate of drug-likeness (QED) is 0.816. The van der Waals surface area contributed by atoms with E-state index in [1.165, 1.54) is 0 Å². The van der Waals surface area contributed by atoms with E-state index in [2.05, 4.69) is 15.0 Å². The minimum absolute atomic E-state index is 0.0235. The first kappa shape index (κ1) is 13.5. The summed E-state index contributed by atoms with van der Waals surface area (Å²) >= 11 is 0. The molecule has 0 amide bonds. The lowest BCUT2D eigenvalue weighted by Gasteiger charge is -2.22. The molecule has 0 unspecified atom stereocenters. The van der Waals surface area contributed by atoms with Gasteiger partial charge in [-0.05, 0) is 49.5 Å². The van der Waals surface area contributed by atoms with Crippen molar-refractivity contribution >= 4 is 10.0 Å². The zero-order valence-electron chi connectivity index (χ0n) is 10.3. The van der Waals surface area contributed by atoms with Gasteiger partial charge in [-0.25, -0.2) is 13.1 Å². The normalized spacial score (nSPS) is 20.8. The first-order valence-corrected chi connectivity index (χ1v) is 7.88. The van der Waals surface area contributed by atoms with Crippen molar-refractivity contribution in [2.75, 3.05) is 19.6 Å². The van der Waals surface area contributed by atoms with E-state index in [9.17, 15) is 8.42 Å². The van der Waals surface area contributed by atoms with Crippen LogP contribution < -0.4 is 10.0 Å². The number of hydrogen-bond acceptors (Lipinski definition) is 4. The van der Waals surface area contributed by atoms with Crippen LogP contribution in [0.25, 0.3) is 0 Å². The molecule has 0 bridgehead atoms. The van der Waals surface area contributed by atoms with Gasteiger partial charge < -0.3 is 5.32 Å². The van der Waals surface area contributed by atoms with Crippen LogP contribution in [-0.2, 0) is 15.8 Å². The highest BCUT2D eigenvalue weighted by atomic mass is 32.2. The van der Waals surface area contributed by atoms with Crippen molar-refractivity contribution in [2.24, 2.45) is 5.92 Å². The van der Waals surface area contributed by atoms with E-state index in [0.717, 1.165) is 31.5 Å². The number of aromatic nitrogens is 1. The van der Waals surface area contributed by atoms with Crippen LogP contribution in [0.15, 0.2) is 24.5 Å². The van der Waals surface area contributed by atoms with E-state index in [1.54, 1.807) is 24.5 Å². The Morgan fingerprint density at radius 2 is 2.17 bits per heavy atom. The standard InChI is InChI=1S/C12H19N3O2S/c16-18(17,10-11-3-6-13-7-4-11)15-9-12-2-1-5-14-8-12/h3-4,6-7,12,14-15H,1-2,5,8-10H2/t12-/m0/s1. The smallest absolute Gasteiger partial charge is 0.215 e. The van der Waals surface area contributed by atoms with Crippen LogP contribution in [0, 0.1) is 5.92 Å². The molecule has 1 saturated heterocycles. The Morgan fingerprint density at radius 1 is 1.39 bits per heavy atom. The molecule has 100 valence electrons. The summed E-state index contributed by atoms with van der Waals surface area (Å²) < 4.78 is 26.5. The molecule has 2 N–H and O–H groups in total. The molecule has 1 aliphatic rings. The first-order chi connectivity index (χ1) is 8.66. The summed E-state index contributed by atoms with van der Waals surface area (Å²) in [4.78, 5) is 3.87. The van der Waals surface area contributed by atoms with Crippen molar-refractivity contribution in [1.29, 1.82) is 0 Å². The van der Waals surface area contributed by atoms with E-state index in [0.29, 0.717) is 12.5 Å². The van der Waals surface area contributed by atoms with E-state index in [4.69, 9.17) is 0 Å². The van der Waals surface area contributed by atoms with Gasteiger partial charge in [-0.3, -0.25) is 4.98 Å². The molecular formula is C12H19N3O2S. The molecule has 1 aromatic heterocycles. The minimum Gasteiger partial charge on any atom is -0.316 e. The number of piperidine rings is 1. The Bertz CT molecular complexity index is 455. The molecule has 0 aliphatic carbocycles. The van der Waals surface area contributed by atoms with Gasteiger partial charge in [-0.15, -0.1) is 0 Å². The monoisotopic (exact) mass is 269 g/mol. The van der Waals surface area contributed by atoms with Crippen LogP contribution in [0.3, 0.4) is 0 Å². The van der Waals surface area contributed by atoms with Gasteiger partial charge in [0.25, 0.3) is 0 Å². The highest BCUT2D eigenvalue weighted by molar-refractivity contribution is 7.88. The maximum Gasteiger partial charge on any atom is 0.215 e. The molecule has 5 nitrogen and oxygen atoms in total. The molecule has 1 aliphatic heterocycles. The lowest BCUT2D eigenvalue weighted by atomic mass is 10.0. The third-order valence-electron chi connectivity index (χ3n) is 3.10. The lowest BCUT2D eigenvalue weighted by Crippen LogP contribution is -2.38. The fourth-order valence-corrected chi connectivity index (χ4v) is 3.32. The molecule has 18 heavy (non-hydrogen) atoms.